The Bertz CT molecular complexity index is 235. The molecule has 0 aliphatic heterocycles. The van der Waals surface area contributed by atoms with E-state index in [1.165, 1.54) is 14.3 Å². The number of hydrogen-bond acceptors (Lipinski definition) is 0. The third-order valence-corrected chi connectivity index (χ3v) is 22.2. The fourth-order valence-electron chi connectivity index (χ4n) is 6.17. The molecule has 0 bridgehead atoms. The van der Waals surface area contributed by atoms with Crippen LogP contribution in [0, 0.1) is 0 Å². The van der Waals surface area contributed by atoms with Crippen LogP contribution in [0.3, 0.4) is 0 Å². The van der Waals surface area contributed by atoms with Crippen molar-refractivity contribution >= 4 is 13.3 Å². The van der Waals surface area contributed by atoms with Gasteiger partial charge in [-0.25, -0.2) is 0 Å². The molecule has 0 aromatic carbocycles. The van der Waals surface area contributed by atoms with Crippen LogP contribution in [0.25, 0.3) is 0 Å². The summed E-state index contributed by atoms with van der Waals surface area (Å²) in [7, 11) is 0. The van der Waals surface area contributed by atoms with Crippen LogP contribution in [0.4, 0.5) is 0 Å². The van der Waals surface area contributed by atoms with Crippen LogP contribution in [0.1, 0.15) is 96.3 Å². The van der Waals surface area contributed by atoms with E-state index in [4.69, 9.17) is 0 Å². The Morgan fingerprint density at radius 1 is 0.450 bits per heavy atom. The van der Waals surface area contributed by atoms with Gasteiger partial charge in [0.25, 0.3) is 0 Å². The first-order chi connectivity index (χ1) is 9.82. The van der Waals surface area contributed by atoms with Crippen LogP contribution in [-0.4, -0.2) is 13.3 Å². The van der Waals surface area contributed by atoms with Gasteiger partial charge in [-0.3, -0.25) is 0 Å². The Morgan fingerprint density at radius 2 is 0.700 bits per heavy atom. The van der Waals surface area contributed by atoms with E-state index >= 15 is 0 Å². The summed E-state index contributed by atoms with van der Waals surface area (Å²) in [6, 6.07) is 0. The zero-order valence-electron chi connectivity index (χ0n) is 13.8. The van der Waals surface area contributed by atoms with E-state index in [2.05, 4.69) is 5.76 Å². The van der Waals surface area contributed by atoms with Crippen molar-refractivity contribution in [1.29, 1.82) is 0 Å². The molecule has 0 radical (unpaired) electrons. The van der Waals surface area contributed by atoms with Crippen LogP contribution in [0.15, 0.2) is 0 Å². The maximum atomic E-state index is 2.95. The second-order valence-corrected chi connectivity index (χ2v) is 19.2. The third kappa shape index (κ3) is 3.15. The van der Waals surface area contributed by atoms with Gasteiger partial charge in [0, 0.05) is 0 Å². The number of rotatable bonds is 3. The average molecular weight is 337 g/mol. The quantitative estimate of drug-likeness (QED) is 0.483. The van der Waals surface area contributed by atoms with Gasteiger partial charge in [0.2, 0.25) is 0 Å². The van der Waals surface area contributed by atoms with Crippen molar-refractivity contribution in [2.24, 2.45) is 0 Å². The summed E-state index contributed by atoms with van der Waals surface area (Å²) in [5.74, 6) is 2.95. The van der Waals surface area contributed by atoms with Gasteiger partial charge in [-0.15, -0.1) is 0 Å². The molecule has 0 amide bonds. The molecule has 3 fully saturated rings. The molecule has 116 valence electrons. The van der Waals surface area contributed by atoms with Gasteiger partial charge in [-0.05, 0) is 0 Å². The SMILES string of the molecule is [CH3][Ge]([CH]1CCCCC1)([CH]1CCCCC1)[CH]1CCCCC1. The van der Waals surface area contributed by atoms with E-state index in [1.54, 1.807) is 96.3 Å². The molecule has 3 rings (SSSR count). The molecule has 0 atom stereocenters. The standard InChI is InChI=1S/C19H36Ge/c1-20(17-11-5-2-6-12-17,18-13-7-3-8-14-18)19-15-9-4-10-16-19/h17-19H,2-16H2,1H3. The fraction of sp³-hybridized carbons (Fsp3) is 1.00. The van der Waals surface area contributed by atoms with Crippen LogP contribution in [0.5, 0.6) is 0 Å². The van der Waals surface area contributed by atoms with Gasteiger partial charge in [0.15, 0.2) is 0 Å². The first-order valence-electron chi connectivity index (χ1n) is 9.82. The Labute approximate surface area is 129 Å². The molecule has 3 aliphatic carbocycles. The molecule has 0 aromatic rings. The molecule has 0 N–H and O–H groups in total. The van der Waals surface area contributed by atoms with Gasteiger partial charge >= 0.3 is 130 Å². The molecule has 0 saturated heterocycles. The minimum atomic E-state index is -1.66. The van der Waals surface area contributed by atoms with Gasteiger partial charge in [-0.1, -0.05) is 0 Å². The molecule has 0 nitrogen and oxygen atoms in total. The van der Waals surface area contributed by atoms with Crippen LogP contribution >= 0.6 is 0 Å². The van der Waals surface area contributed by atoms with E-state index in [0.29, 0.717) is 0 Å². The fourth-order valence-corrected chi connectivity index (χ4v) is 20.8. The van der Waals surface area contributed by atoms with Crippen molar-refractivity contribution in [1.82, 2.24) is 0 Å². The van der Waals surface area contributed by atoms with E-state index in [1.807, 2.05) is 0 Å². The molecule has 0 spiro atoms. The molecule has 0 unspecified atom stereocenters. The van der Waals surface area contributed by atoms with E-state index < -0.39 is 13.3 Å². The molecular weight excluding hydrogens is 301 g/mol. The van der Waals surface area contributed by atoms with Crippen molar-refractivity contribution in [3.8, 4) is 0 Å². The van der Waals surface area contributed by atoms with Crippen molar-refractivity contribution in [3.05, 3.63) is 0 Å². The first kappa shape index (κ1) is 15.4. The molecule has 0 aromatic heterocycles. The van der Waals surface area contributed by atoms with Crippen LogP contribution in [0.2, 0.25) is 20.0 Å². The summed E-state index contributed by atoms with van der Waals surface area (Å²) in [6.07, 6.45) is 23.9. The Kier molecular flexibility index (Phi) is 5.56. The normalized spacial score (nSPS) is 28.6. The van der Waals surface area contributed by atoms with Gasteiger partial charge < -0.3 is 0 Å². The minimum absolute atomic E-state index is 1.26. The second-order valence-electron chi connectivity index (χ2n) is 8.37. The molecular formula is C19H36Ge. The van der Waals surface area contributed by atoms with Crippen LogP contribution < -0.4 is 0 Å². The monoisotopic (exact) mass is 338 g/mol. The molecule has 3 saturated carbocycles. The second kappa shape index (κ2) is 7.20. The molecule has 3 aliphatic rings. The van der Waals surface area contributed by atoms with Crippen molar-refractivity contribution in [3.63, 3.8) is 0 Å². The number of hydrogen-bond donors (Lipinski definition) is 0. The van der Waals surface area contributed by atoms with E-state index in [9.17, 15) is 0 Å². The van der Waals surface area contributed by atoms with E-state index in [-0.39, 0.29) is 0 Å². The summed E-state index contributed by atoms with van der Waals surface area (Å²) in [4.78, 5) is 0. The van der Waals surface area contributed by atoms with Crippen LogP contribution in [-0.2, 0) is 0 Å². The topological polar surface area (TPSA) is 0 Å². The van der Waals surface area contributed by atoms with Gasteiger partial charge in [0.05, 0.1) is 0 Å². The Hall–Kier alpha value is 0.543. The van der Waals surface area contributed by atoms with Crippen molar-refractivity contribution < 1.29 is 0 Å². The summed E-state index contributed by atoms with van der Waals surface area (Å²) < 4.78 is 3.78. The average Bonchev–Trinajstić information content (AvgIpc) is 2.56. The maximum absolute atomic E-state index is 2.95. The predicted molar refractivity (Wildman–Crippen MR) is 92.1 cm³/mol. The summed E-state index contributed by atoms with van der Waals surface area (Å²) in [5.41, 5.74) is 0. The van der Waals surface area contributed by atoms with Gasteiger partial charge in [0.1, 0.15) is 0 Å². The van der Waals surface area contributed by atoms with Crippen molar-refractivity contribution in [2.45, 2.75) is 116 Å². The molecule has 20 heavy (non-hydrogen) atoms. The Balaban J connectivity index is 1.79. The first-order valence-corrected chi connectivity index (χ1v) is 15.5. The summed E-state index contributed by atoms with van der Waals surface area (Å²) in [5, 5.41) is 0. The third-order valence-electron chi connectivity index (χ3n) is 7.45. The Morgan fingerprint density at radius 3 is 0.950 bits per heavy atom. The predicted octanol–water partition coefficient (Wildman–Crippen LogP) is 7.07. The van der Waals surface area contributed by atoms with Crippen molar-refractivity contribution in [2.75, 3.05) is 0 Å². The van der Waals surface area contributed by atoms with E-state index in [0.717, 1.165) is 0 Å². The summed E-state index contributed by atoms with van der Waals surface area (Å²) >= 11 is -1.66. The zero-order chi connectivity index (χ0) is 13.8. The van der Waals surface area contributed by atoms with Gasteiger partial charge in [-0.2, -0.15) is 0 Å². The zero-order valence-corrected chi connectivity index (χ0v) is 15.9. The summed E-state index contributed by atoms with van der Waals surface area (Å²) in [6.45, 7) is 0. The molecule has 1 heteroatoms. The molecule has 0 heterocycles.